The summed E-state index contributed by atoms with van der Waals surface area (Å²) in [6.45, 7) is 2.64. The van der Waals surface area contributed by atoms with E-state index >= 15 is 0 Å². The van der Waals surface area contributed by atoms with E-state index in [1.54, 1.807) is 24.3 Å². The second kappa shape index (κ2) is 13.5. The third-order valence-electron chi connectivity index (χ3n) is 6.63. The molecule has 1 aromatic heterocycles. The molecule has 1 amide bonds. The lowest BCUT2D eigenvalue weighted by atomic mass is 9.95. The Kier molecular flexibility index (Phi) is 9.56. The minimum absolute atomic E-state index is 0.125. The molecule has 42 heavy (non-hydrogen) atoms. The fourth-order valence-electron chi connectivity index (χ4n) is 4.51. The van der Waals surface area contributed by atoms with E-state index in [1.165, 1.54) is 52.3 Å². The quantitative estimate of drug-likeness (QED) is 0.0455. The zero-order valence-electron chi connectivity index (χ0n) is 22.6. The Morgan fingerprint density at radius 1 is 1.07 bits per heavy atom. The van der Waals surface area contributed by atoms with Gasteiger partial charge in [-0.15, -0.1) is 10.2 Å². The highest BCUT2D eigenvalue weighted by Crippen LogP contribution is 2.44. The maximum atomic E-state index is 13.6. The van der Waals surface area contributed by atoms with E-state index in [0.29, 0.717) is 33.0 Å². The van der Waals surface area contributed by atoms with E-state index < -0.39 is 29.3 Å². The van der Waals surface area contributed by atoms with Gasteiger partial charge in [0.05, 0.1) is 18.2 Å². The van der Waals surface area contributed by atoms with Crippen molar-refractivity contribution < 1.29 is 23.8 Å². The number of carbonyl (C=O) groups excluding carboxylic acids is 2. The number of aliphatic hydroxyl groups is 1. The maximum Gasteiger partial charge on any atom is 0.301 e. The lowest BCUT2D eigenvalue weighted by Crippen LogP contribution is -2.29. The number of benzene rings is 3. The molecular weight excluding hydrogens is 597 g/mol. The monoisotopic (exact) mass is 623 g/mol. The standard InChI is InChI=1S/C31H27ClFN3O4S2/c1-2-3-4-16-40-24-7-5-6-21(17-24)26-25(27(37)20-10-14-23(33)15-11-20)28(38)29(39)36(26)30-34-35-31(42-30)41-18-19-8-12-22(32)13-9-19/h5-15,17,26,37H,2-4,16,18H2,1H3. The average molecular weight is 624 g/mol. The summed E-state index contributed by atoms with van der Waals surface area (Å²) in [7, 11) is 0. The molecule has 3 aromatic carbocycles. The van der Waals surface area contributed by atoms with Gasteiger partial charge in [0.25, 0.3) is 5.78 Å². The van der Waals surface area contributed by atoms with Crippen LogP contribution < -0.4 is 9.64 Å². The van der Waals surface area contributed by atoms with Crippen LogP contribution in [0, 0.1) is 5.82 Å². The van der Waals surface area contributed by atoms with E-state index in [1.807, 2.05) is 24.3 Å². The lowest BCUT2D eigenvalue weighted by molar-refractivity contribution is -0.132. The zero-order valence-corrected chi connectivity index (χ0v) is 25.0. The number of aromatic nitrogens is 2. The molecule has 5 rings (SSSR count). The number of Topliss-reactive ketones (excluding diaryl/α,β-unsaturated/α-hetero) is 1. The molecule has 1 fully saturated rings. The summed E-state index contributed by atoms with van der Waals surface area (Å²) in [6, 6.07) is 18.6. The number of unbranched alkanes of at least 4 members (excludes halogenated alkanes) is 2. The van der Waals surface area contributed by atoms with Gasteiger partial charge >= 0.3 is 5.91 Å². The van der Waals surface area contributed by atoms with E-state index in [4.69, 9.17) is 16.3 Å². The predicted molar refractivity (Wildman–Crippen MR) is 164 cm³/mol. The summed E-state index contributed by atoms with van der Waals surface area (Å²) < 4.78 is 20.2. The molecule has 1 aliphatic heterocycles. The first kappa shape index (κ1) is 29.8. The van der Waals surface area contributed by atoms with Gasteiger partial charge in [-0.05, 0) is 66.1 Å². The molecule has 0 aliphatic carbocycles. The van der Waals surface area contributed by atoms with Gasteiger partial charge in [0.15, 0.2) is 4.34 Å². The summed E-state index contributed by atoms with van der Waals surface area (Å²) in [4.78, 5) is 28.2. The molecule has 1 N–H and O–H groups in total. The molecule has 2 heterocycles. The number of ether oxygens (including phenoxy) is 1. The Balaban J connectivity index is 1.51. The predicted octanol–water partition coefficient (Wildman–Crippen LogP) is 7.82. The first-order valence-electron chi connectivity index (χ1n) is 13.4. The van der Waals surface area contributed by atoms with Crippen LogP contribution in [0.1, 0.15) is 48.9 Å². The summed E-state index contributed by atoms with van der Waals surface area (Å²) in [5.74, 6) is -1.43. The minimum Gasteiger partial charge on any atom is -0.507 e. The molecule has 7 nitrogen and oxygen atoms in total. The number of nitrogens with zero attached hydrogens (tertiary/aromatic N) is 3. The smallest absolute Gasteiger partial charge is 0.301 e. The zero-order chi connectivity index (χ0) is 29.6. The Hall–Kier alpha value is -3.73. The highest BCUT2D eigenvalue weighted by molar-refractivity contribution is 8.00. The van der Waals surface area contributed by atoms with Gasteiger partial charge in [0.2, 0.25) is 5.13 Å². The molecule has 0 saturated carbocycles. The molecule has 1 saturated heterocycles. The number of carbonyl (C=O) groups is 2. The third-order valence-corrected chi connectivity index (χ3v) is 9.01. The second-order valence-electron chi connectivity index (χ2n) is 9.57. The Morgan fingerprint density at radius 3 is 2.57 bits per heavy atom. The molecule has 1 unspecified atom stereocenters. The highest BCUT2D eigenvalue weighted by atomic mass is 35.5. The number of aliphatic hydroxyl groups excluding tert-OH is 1. The van der Waals surface area contributed by atoms with Gasteiger partial charge < -0.3 is 9.84 Å². The first-order valence-corrected chi connectivity index (χ1v) is 15.5. The van der Waals surface area contributed by atoms with Crippen molar-refractivity contribution >= 4 is 57.3 Å². The van der Waals surface area contributed by atoms with Crippen LogP contribution in [0.15, 0.2) is 82.7 Å². The van der Waals surface area contributed by atoms with Crippen LogP contribution in [-0.2, 0) is 15.3 Å². The Bertz CT molecular complexity index is 1610. The second-order valence-corrected chi connectivity index (χ2v) is 12.2. The van der Waals surface area contributed by atoms with Crippen molar-refractivity contribution in [2.75, 3.05) is 11.5 Å². The molecule has 0 spiro atoms. The summed E-state index contributed by atoms with van der Waals surface area (Å²) in [5, 5.41) is 20.6. The molecular formula is C31H27ClFN3O4S2. The fourth-order valence-corrected chi connectivity index (χ4v) is 6.46. The van der Waals surface area contributed by atoms with E-state index in [9.17, 15) is 19.1 Å². The Labute approximate surface area is 256 Å². The number of thioether (sulfide) groups is 1. The van der Waals surface area contributed by atoms with Crippen molar-refractivity contribution in [2.45, 2.75) is 42.3 Å². The number of hydrogen-bond donors (Lipinski definition) is 1. The van der Waals surface area contributed by atoms with Gasteiger partial charge in [-0.3, -0.25) is 14.5 Å². The molecule has 11 heteroatoms. The topological polar surface area (TPSA) is 92.6 Å². The van der Waals surface area contributed by atoms with Crippen LogP contribution in [-0.4, -0.2) is 33.6 Å². The van der Waals surface area contributed by atoms with Crippen LogP contribution in [0.3, 0.4) is 0 Å². The van der Waals surface area contributed by atoms with E-state index in [0.717, 1.165) is 24.8 Å². The number of rotatable bonds is 11. The molecule has 216 valence electrons. The number of halogens is 2. The summed E-state index contributed by atoms with van der Waals surface area (Å²) >= 11 is 8.60. The van der Waals surface area contributed by atoms with Crippen molar-refractivity contribution in [2.24, 2.45) is 0 Å². The number of anilines is 1. The lowest BCUT2D eigenvalue weighted by Gasteiger charge is -2.23. The van der Waals surface area contributed by atoms with Crippen molar-refractivity contribution in [3.05, 3.63) is 106 Å². The van der Waals surface area contributed by atoms with Gasteiger partial charge in [-0.1, -0.05) is 78.7 Å². The van der Waals surface area contributed by atoms with Gasteiger partial charge in [-0.25, -0.2) is 4.39 Å². The van der Waals surface area contributed by atoms with Crippen molar-refractivity contribution in [1.82, 2.24) is 10.2 Å². The Morgan fingerprint density at radius 2 is 1.83 bits per heavy atom. The largest absolute Gasteiger partial charge is 0.507 e. The molecule has 4 aromatic rings. The first-order chi connectivity index (χ1) is 20.4. The summed E-state index contributed by atoms with van der Waals surface area (Å²) in [5.41, 5.74) is 1.68. The van der Waals surface area contributed by atoms with Gasteiger partial charge in [-0.2, -0.15) is 0 Å². The molecule has 0 bridgehead atoms. The fraction of sp³-hybridized carbons (Fsp3) is 0.226. The molecule has 0 radical (unpaired) electrons. The van der Waals surface area contributed by atoms with Crippen LogP contribution in [0.5, 0.6) is 5.75 Å². The van der Waals surface area contributed by atoms with Crippen LogP contribution in [0.4, 0.5) is 9.52 Å². The normalized spacial score (nSPS) is 16.3. The SMILES string of the molecule is CCCCCOc1cccc(C2C(=C(O)c3ccc(F)cc3)C(=O)C(=O)N2c2nnc(SCc3ccc(Cl)cc3)s2)c1. The van der Waals surface area contributed by atoms with Gasteiger partial charge in [0, 0.05) is 16.3 Å². The number of ketones is 1. The van der Waals surface area contributed by atoms with E-state index in [2.05, 4.69) is 17.1 Å². The van der Waals surface area contributed by atoms with Crippen LogP contribution >= 0.6 is 34.7 Å². The summed E-state index contributed by atoms with van der Waals surface area (Å²) in [6.07, 6.45) is 2.99. The van der Waals surface area contributed by atoms with Crippen LogP contribution in [0.2, 0.25) is 5.02 Å². The average Bonchev–Trinajstić information content (AvgIpc) is 3.57. The third kappa shape index (κ3) is 6.67. The van der Waals surface area contributed by atoms with Crippen molar-refractivity contribution in [1.29, 1.82) is 0 Å². The van der Waals surface area contributed by atoms with E-state index in [-0.39, 0.29) is 16.3 Å². The van der Waals surface area contributed by atoms with Gasteiger partial charge in [0.1, 0.15) is 17.3 Å². The number of amides is 1. The van der Waals surface area contributed by atoms with Crippen molar-refractivity contribution in [3.63, 3.8) is 0 Å². The molecule has 1 aliphatic rings. The highest BCUT2D eigenvalue weighted by Gasteiger charge is 2.48. The molecule has 1 atom stereocenters. The number of hydrogen-bond acceptors (Lipinski definition) is 8. The maximum absolute atomic E-state index is 13.6. The van der Waals surface area contributed by atoms with Crippen molar-refractivity contribution in [3.8, 4) is 5.75 Å². The minimum atomic E-state index is -1.00. The van der Waals surface area contributed by atoms with Crippen LogP contribution in [0.25, 0.3) is 5.76 Å².